The third-order valence-electron chi connectivity index (χ3n) is 3.99. The number of nitrogens with one attached hydrogen (secondary N) is 3. The van der Waals surface area contributed by atoms with Gasteiger partial charge in [-0.15, -0.1) is 0 Å². The van der Waals surface area contributed by atoms with Gasteiger partial charge in [0.05, 0.1) is 7.11 Å². The van der Waals surface area contributed by atoms with E-state index in [1.165, 1.54) is 16.5 Å². The Balaban J connectivity index is 1.38. The number of hydrogen-bond donors (Lipinski definition) is 3. The van der Waals surface area contributed by atoms with Crippen LogP contribution in [-0.4, -0.2) is 38.3 Å². The van der Waals surface area contributed by atoms with Crippen LogP contribution < -0.4 is 20.7 Å². The van der Waals surface area contributed by atoms with Crippen molar-refractivity contribution in [3.05, 3.63) is 60.8 Å². The monoisotopic (exact) mass is 336 g/mol. The molecule has 130 valence electrons. The number of nitrogens with zero attached hydrogens (tertiary/aromatic N) is 1. The Hall–Kier alpha value is -2.79. The topological polar surface area (TPSA) is 58.2 Å². The molecule has 0 amide bonds. The van der Waals surface area contributed by atoms with Crippen LogP contribution >= 0.6 is 0 Å². The van der Waals surface area contributed by atoms with Crippen LogP contribution in [0.25, 0.3) is 10.8 Å². The first-order valence-electron chi connectivity index (χ1n) is 8.54. The average Bonchev–Trinajstić information content (AvgIpc) is 2.67. The standard InChI is InChI=1S/C20H24N4O/c1-25-19-10-5-11-23-20(19)24-15-13-21-12-14-22-18-9-4-7-16-6-2-3-8-17(16)18/h2-11,21-22H,12-15H2,1H3,(H,23,24). The fourth-order valence-electron chi connectivity index (χ4n) is 2.75. The molecule has 1 heterocycles. The molecule has 0 aliphatic carbocycles. The molecule has 0 aliphatic rings. The number of methoxy groups -OCH3 is 1. The third-order valence-corrected chi connectivity index (χ3v) is 3.99. The molecular formula is C20H24N4O. The quantitative estimate of drug-likeness (QED) is 0.523. The minimum Gasteiger partial charge on any atom is -0.493 e. The number of ether oxygens (including phenoxy) is 1. The van der Waals surface area contributed by atoms with Gasteiger partial charge in [0.2, 0.25) is 0 Å². The lowest BCUT2D eigenvalue weighted by Crippen LogP contribution is -2.27. The minimum absolute atomic E-state index is 0.764. The van der Waals surface area contributed by atoms with Crippen LogP contribution in [0.15, 0.2) is 60.8 Å². The molecule has 0 fully saturated rings. The Labute approximate surface area is 148 Å². The van der Waals surface area contributed by atoms with E-state index in [1.807, 2.05) is 12.1 Å². The van der Waals surface area contributed by atoms with Crippen molar-refractivity contribution < 1.29 is 4.74 Å². The van der Waals surface area contributed by atoms with Crippen molar-refractivity contribution in [2.24, 2.45) is 0 Å². The van der Waals surface area contributed by atoms with Crippen molar-refractivity contribution in [2.75, 3.05) is 43.9 Å². The summed E-state index contributed by atoms with van der Waals surface area (Å²) in [4.78, 5) is 4.28. The fraction of sp³-hybridized carbons (Fsp3) is 0.250. The van der Waals surface area contributed by atoms with Crippen LogP contribution in [0.5, 0.6) is 5.75 Å². The van der Waals surface area contributed by atoms with E-state index in [4.69, 9.17) is 4.74 Å². The van der Waals surface area contributed by atoms with Crippen molar-refractivity contribution in [1.82, 2.24) is 10.3 Å². The highest BCUT2D eigenvalue weighted by Gasteiger charge is 2.01. The van der Waals surface area contributed by atoms with Gasteiger partial charge in [-0.1, -0.05) is 36.4 Å². The zero-order chi connectivity index (χ0) is 17.3. The van der Waals surface area contributed by atoms with E-state index in [9.17, 15) is 0 Å². The van der Waals surface area contributed by atoms with Gasteiger partial charge >= 0.3 is 0 Å². The highest BCUT2D eigenvalue weighted by atomic mass is 16.5. The van der Waals surface area contributed by atoms with Crippen LogP contribution in [0.1, 0.15) is 0 Å². The predicted octanol–water partition coefficient (Wildman–Crippen LogP) is 3.36. The molecular weight excluding hydrogens is 312 g/mol. The van der Waals surface area contributed by atoms with E-state index in [1.54, 1.807) is 13.3 Å². The van der Waals surface area contributed by atoms with Gasteiger partial charge in [0.25, 0.3) is 0 Å². The number of benzene rings is 2. The van der Waals surface area contributed by atoms with Crippen molar-refractivity contribution in [3.8, 4) is 5.75 Å². The molecule has 0 radical (unpaired) electrons. The summed E-state index contributed by atoms with van der Waals surface area (Å²) in [5.41, 5.74) is 1.18. The maximum Gasteiger partial charge on any atom is 0.168 e. The molecule has 3 aromatic rings. The summed E-state index contributed by atoms with van der Waals surface area (Å²) in [6.45, 7) is 3.42. The molecule has 0 saturated heterocycles. The van der Waals surface area contributed by atoms with Crippen molar-refractivity contribution in [3.63, 3.8) is 0 Å². The lowest BCUT2D eigenvalue weighted by Gasteiger charge is -2.12. The minimum atomic E-state index is 0.764. The van der Waals surface area contributed by atoms with Crippen LogP contribution in [0.3, 0.4) is 0 Å². The Morgan fingerprint density at radius 3 is 2.52 bits per heavy atom. The van der Waals surface area contributed by atoms with Gasteiger partial charge in [-0.3, -0.25) is 0 Å². The van der Waals surface area contributed by atoms with E-state index >= 15 is 0 Å². The summed E-state index contributed by atoms with van der Waals surface area (Å²) >= 11 is 0. The number of fused-ring (bicyclic) bond motifs is 1. The smallest absolute Gasteiger partial charge is 0.168 e. The predicted molar refractivity (Wildman–Crippen MR) is 105 cm³/mol. The molecule has 3 rings (SSSR count). The molecule has 0 saturated carbocycles. The highest BCUT2D eigenvalue weighted by Crippen LogP contribution is 2.22. The van der Waals surface area contributed by atoms with Crippen LogP contribution in [-0.2, 0) is 0 Å². The maximum absolute atomic E-state index is 5.27. The molecule has 0 aliphatic heterocycles. The van der Waals surface area contributed by atoms with E-state index in [0.29, 0.717) is 0 Å². The Kier molecular flexibility index (Phi) is 6.06. The van der Waals surface area contributed by atoms with Gasteiger partial charge in [-0.2, -0.15) is 0 Å². The Bertz CT molecular complexity index is 801. The fourth-order valence-corrected chi connectivity index (χ4v) is 2.75. The molecule has 0 atom stereocenters. The summed E-state index contributed by atoms with van der Waals surface area (Å²) in [6.07, 6.45) is 1.76. The molecule has 0 bridgehead atoms. The summed E-state index contributed by atoms with van der Waals surface area (Å²) < 4.78 is 5.27. The maximum atomic E-state index is 5.27. The number of aromatic nitrogens is 1. The molecule has 2 aromatic carbocycles. The zero-order valence-electron chi connectivity index (χ0n) is 14.5. The largest absolute Gasteiger partial charge is 0.493 e. The van der Waals surface area contributed by atoms with Gasteiger partial charge in [-0.05, 0) is 23.6 Å². The number of pyridine rings is 1. The number of rotatable bonds is 9. The van der Waals surface area contributed by atoms with Crippen LogP contribution in [0.2, 0.25) is 0 Å². The summed E-state index contributed by atoms with van der Waals surface area (Å²) in [5.74, 6) is 1.54. The Morgan fingerprint density at radius 1 is 0.840 bits per heavy atom. The first-order valence-corrected chi connectivity index (χ1v) is 8.54. The third kappa shape index (κ3) is 4.61. The average molecular weight is 336 g/mol. The van der Waals surface area contributed by atoms with Gasteiger partial charge in [0.15, 0.2) is 11.6 Å². The van der Waals surface area contributed by atoms with Gasteiger partial charge in [0.1, 0.15) is 0 Å². The molecule has 0 spiro atoms. The lowest BCUT2D eigenvalue weighted by atomic mass is 10.1. The van der Waals surface area contributed by atoms with Crippen molar-refractivity contribution >= 4 is 22.3 Å². The van der Waals surface area contributed by atoms with Gasteiger partial charge < -0.3 is 20.7 Å². The number of hydrogen-bond acceptors (Lipinski definition) is 5. The summed E-state index contributed by atoms with van der Waals surface area (Å²) in [6, 6.07) is 18.5. The van der Waals surface area contributed by atoms with E-state index in [0.717, 1.165) is 37.7 Å². The second-order valence-corrected chi connectivity index (χ2v) is 5.68. The van der Waals surface area contributed by atoms with Crippen molar-refractivity contribution in [2.45, 2.75) is 0 Å². The first kappa shape index (κ1) is 17.0. The van der Waals surface area contributed by atoms with Crippen molar-refractivity contribution in [1.29, 1.82) is 0 Å². The lowest BCUT2D eigenvalue weighted by molar-refractivity contribution is 0.415. The second kappa shape index (κ2) is 8.89. The summed E-state index contributed by atoms with van der Waals surface area (Å²) in [7, 11) is 1.65. The molecule has 0 unspecified atom stereocenters. The second-order valence-electron chi connectivity index (χ2n) is 5.68. The van der Waals surface area contributed by atoms with E-state index in [2.05, 4.69) is 63.4 Å². The van der Waals surface area contributed by atoms with Crippen LogP contribution in [0, 0.1) is 0 Å². The number of anilines is 2. The van der Waals surface area contributed by atoms with Gasteiger partial charge in [-0.25, -0.2) is 4.98 Å². The van der Waals surface area contributed by atoms with E-state index in [-0.39, 0.29) is 0 Å². The molecule has 3 N–H and O–H groups in total. The molecule has 25 heavy (non-hydrogen) atoms. The van der Waals surface area contributed by atoms with Gasteiger partial charge in [0, 0.05) is 43.4 Å². The zero-order valence-corrected chi connectivity index (χ0v) is 14.5. The van der Waals surface area contributed by atoms with Crippen LogP contribution in [0.4, 0.5) is 11.5 Å². The summed E-state index contributed by atoms with van der Waals surface area (Å²) in [5, 5.41) is 12.7. The SMILES string of the molecule is COc1cccnc1NCCNCCNc1cccc2ccccc12. The Morgan fingerprint density at radius 2 is 1.64 bits per heavy atom. The normalized spacial score (nSPS) is 10.6. The first-order chi connectivity index (χ1) is 12.4. The highest BCUT2D eigenvalue weighted by molar-refractivity contribution is 5.93. The van der Waals surface area contributed by atoms with E-state index < -0.39 is 0 Å². The molecule has 5 nitrogen and oxygen atoms in total. The molecule has 1 aromatic heterocycles. The molecule has 5 heteroatoms.